The first-order chi connectivity index (χ1) is 8.60. The van der Waals surface area contributed by atoms with Crippen molar-refractivity contribution < 1.29 is 19.4 Å². The molecule has 0 aliphatic heterocycles. The lowest BCUT2D eigenvalue weighted by molar-refractivity contribution is -0.136. The van der Waals surface area contributed by atoms with Crippen LogP contribution in [0.15, 0.2) is 23.1 Å². The predicted octanol–water partition coefficient (Wildman–Crippen LogP) is 2.60. The quantitative estimate of drug-likeness (QED) is 0.634. The van der Waals surface area contributed by atoms with Crippen LogP contribution in [-0.4, -0.2) is 29.9 Å². The summed E-state index contributed by atoms with van der Waals surface area (Å²) in [5.74, 6) is -1.21. The maximum absolute atomic E-state index is 11.8. The number of rotatable bonds is 6. The number of carboxylic acids is 1. The molecule has 0 unspecified atom stereocenters. The highest BCUT2D eigenvalue weighted by Gasteiger charge is 2.15. The lowest BCUT2D eigenvalue weighted by Gasteiger charge is -2.11. The van der Waals surface area contributed by atoms with Crippen molar-refractivity contribution in [3.8, 4) is 0 Å². The number of carboxylic acid groups (broad SMARTS) is 1. The number of hydrogen-bond donors (Lipinski definition) is 1. The molecule has 0 saturated heterocycles. The zero-order chi connectivity index (χ0) is 13.5. The number of aryl methyl sites for hydroxylation is 1. The van der Waals surface area contributed by atoms with E-state index in [0.29, 0.717) is 18.6 Å². The van der Waals surface area contributed by atoms with Crippen molar-refractivity contribution in [2.75, 3.05) is 12.9 Å². The first-order valence-corrected chi connectivity index (χ1v) is 6.87. The van der Waals surface area contributed by atoms with Crippen LogP contribution < -0.4 is 0 Å². The van der Waals surface area contributed by atoms with Crippen LogP contribution in [0.5, 0.6) is 0 Å². The summed E-state index contributed by atoms with van der Waals surface area (Å²) in [5.41, 5.74) is 1.38. The maximum atomic E-state index is 11.8. The fourth-order valence-corrected chi connectivity index (χ4v) is 2.44. The number of carbonyl (C=O) groups excluding carboxylic acids is 1. The van der Waals surface area contributed by atoms with Gasteiger partial charge in [-0.3, -0.25) is 4.79 Å². The Hall–Kier alpha value is -1.49. The Morgan fingerprint density at radius 1 is 1.39 bits per heavy atom. The van der Waals surface area contributed by atoms with Crippen molar-refractivity contribution in [1.82, 2.24) is 0 Å². The van der Waals surface area contributed by atoms with Crippen LogP contribution in [0.25, 0.3) is 0 Å². The fraction of sp³-hybridized carbons (Fsp3) is 0.385. The summed E-state index contributed by atoms with van der Waals surface area (Å²) in [5, 5.41) is 8.70. The van der Waals surface area contributed by atoms with Gasteiger partial charge < -0.3 is 9.84 Å². The Morgan fingerprint density at radius 2 is 2.11 bits per heavy atom. The highest BCUT2D eigenvalue weighted by atomic mass is 32.2. The largest absolute Gasteiger partial charge is 0.481 e. The number of ether oxygens (including phenoxy) is 1. The van der Waals surface area contributed by atoms with E-state index in [4.69, 9.17) is 9.84 Å². The Balaban J connectivity index is 3.01. The van der Waals surface area contributed by atoms with Gasteiger partial charge in [-0.15, -0.1) is 11.8 Å². The molecule has 0 saturated carbocycles. The first-order valence-electron chi connectivity index (χ1n) is 5.65. The number of esters is 1. The van der Waals surface area contributed by atoms with E-state index in [-0.39, 0.29) is 12.4 Å². The molecule has 0 radical (unpaired) electrons. The molecule has 0 amide bonds. The molecule has 0 fully saturated rings. The summed E-state index contributed by atoms with van der Waals surface area (Å²) >= 11 is 1.43. The van der Waals surface area contributed by atoms with Gasteiger partial charge in [0.25, 0.3) is 0 Å². The molecule has 1 N–H and O–H groups in total. The maximum Gasteiger partial charge on any atom is 0.339 e. The van der Waals surface area contributed by atoms with Gasteiger partial charge >= 0.3 is 11.9 Å². The summed E-state index contributed by atoms with van der Waals surface area (Å²) in [4.78, 5) is 23.2. The molecule has 1 aromatic carbocycles. The molecule has 0 aromatic heterocycles. The molecular formula is C13H16O4S. The molecule has 0 atom stereocenters. The summed E-state index contributed by atoms with van der Waals surface area (Å²) < 4.78 is 4.98. The van der Waals surface area contributed by atoms with Crippen molar-refractivity contribution in [3.63, 3.8) is 0 Å². The second kappa shape index (κ2) is 7.06. The molecule has 18 heavy (non-hydrogen) atoms. The summed E-state index contributed by atoms with van der Waals surface area (Å²) in [7, 11) is 0. The Bertz CT molecular complexity index is 443. The van der Waals surface area contributed by atoms with Crippen molar-refractivity contribution in [3.05, 3.63) is 29.3 Å². The molecule has 98 valence electrons. The predicted molar refractivity (Wildman–Crippen MR) is 70.1 cm³/mol. The van der Waals surface area contributed by atoms with Crippen LogP contribution in [0.4, 0.5) is 0 Å². The second-order valence-electron chi connectivity index (χ2n) is 3.61. The topological polar surface area (TPSA) is 63.6 Å². The van der Waals surface area contributed by atoms with Gasteiger partial charge in [0.15, 0.2) is 0 Å². The van der Waals surface area contributed by atoms with Gasteiger partial charge in [-0.2, -0.15) is 0 Å². The van der Waals surface area contributed by atoms with Crippen LogP contribution >= 0.6 is 11.8 Å². The molecule has 0 heterocycles. The molecule has 0 aliphatic carbocycles. The van der Waals surface area contributed by atoms with E-state index in [2.05, 4.69) is 0 Å². The van der Waals surface area contributed by atoms with Gasteiger partial charge in [0, 0.05) is 11.3 Å². The van der Waals surface area contributed by atoms with Gasteiger partial charge in [-0.25, -0.2) is 4.79 Å². The zero-order valence-electron chi connectivity index (χ0n) is 10.4. The molecule has 0 bridgehead atoms. The SMILES string of the molecule is CCOC(=O)c1cccc(CCC(=O)O)c1SC. The highest BCUT2D eigenvalue weighted by molar-refractivity contribution is 7.98. The Labute approximate surface area is 110 Å². The van der Waals surface area contributed by atoms with E-state index in [9.17, 15) is 9.59 Å². The second-order valence-corrected chi connectivity index (χ2v) is 4.43. The third-order valence-corrected chi connectivity index (χ3v) is 3.29. The van der Waals surface area contributed by atoms with E-state index in [0.717, 1.165) is 10.5 Å². The van der Waals surface area contributed by atoms with Crippen molar-refractivity contribution in [2.45, 2.75) is 24.7 Å². The van der Waals surface area contributed by atoms with Gasteiger partial charge in [-0.05, 0) is 31.2 Å². The van der Waals surface area contributed by atoms with E-state index in [1.165, 1.54) is 11.8 Å². The summed E-state index contributed by atoms with van der Waals surface area (Å²) in [6.07, 6.45) is 2.33. The number of carbonyl (C=O) groups is 2. The van der Waals surface area contributed by atoms with Gasteiger partial charge in [0.1, 0.15) is 0 Å². The smallest absolute Gasteiger partial charge is 0.339 e. The lowest BCUT2D eigenvalue weighted by atomic mass is 10.1. The standard InChI is InChI=1S/C13H16O4S/c1-3-17-13(16)10-6-4-5-9(12(10)18-2)7-8-11(14)15/h4-6H,3,7-8H2,1-2H3,(H,14,15). The molecule has 4 nitrogen and oxygen atoms in total. The highest BCUT2D eigenvalue weighted by Crippen LogP contribution is 2.26. The van der Waals surface area contributed by atoms with Gasteiger partial charge in [-0.1, -0.05) is 12.1 Å². The fourth-order valence-electron chi connectivity index (χ4n) is 1.63. The average Bonchev–Trinajstić information content (AvgIpc) is 2.35. The lowest BCUT2D eigenvalue weighted by Crippen LogP contribution is -2.08. The van der Waals surface area contributed by atoms with Gasteiger partial charge in [0.05, 0.1) is 12.2 Å². The van der Waals surface area contributed by atoms with Crippen LogP contribution in [0, 0.1) is 0 Å². The van der Waals surface area contributed by atoms with Crippen molar-refractivity contribution in [2.24, 2.45) is 0 Å². The van der Waals surface area contributed by atoms with E-state index in [1.807, 2.05) is 12.3 Å². The third-order valence-electron chi connectivity index (χ3n) is 2.40. The minimum absolute atomic E-state index is 0.0554. The molecule has 1 rings (SSSR count). The number of thioether (sulfide) groups is 1. The van der Waals surface area contributed by atoms with Crippen molar-refractivity contribution >= 4 is 23.7 Å². The minimum Gasteiger partial charge on any atom is -0.481 e. The first kappa shape index (κ1) is 14.6. The van der Waals surface area contributed by atoms with E-state index >= 15 is 0 Å². The van der Waals surface area contributed by atoms with Crippen LogP contribution in [0.1, 0.15) is 29.3 Å². The molecule has 1 aromatic rings. The minimum atomic E-state index is -0.844. The Kier molecular flexibility index (Phi) is 5.71. The van der Waals surface area contributed by atoms with Crippen LogP contribution in [-0.2, 0) is 16.0 Å². The van der Waals surface area contributed by atoms with Crippen LogP contribution in [0.2, 0.25) is 0 Å². The number of hydrogen-bond acceptors (Lipinski definition) is 4. The van der Waals surface area contributed by atoms with Crippen LogP contribution in [0.3, 0.4) is 0 Å². The third kappa shape index (κ3) is 3.77. The molecule has 0 spiro atoms. The van der Waals surface area contributed by atoms with Crippen molar-refractivity contribution in [1.29, 1.82) is 0 Å². The van der Waals surface area contributed by atoms with E-state index < -0.39 is 5.97 Å². The Morgan fingerprint density at radius 3 is 2.67 bits per heavy atom. The molecule has 5 heteroatoms. The zero-order valence-corrected chi connectivity index (χ0v) is 11.3. The van der Waals surface area contributed by atoms with Gasteiger partial charge in [0.2, 0.25) is 0 Å². The monoisotopic (exact) mass is 268 g/mol. The normalized spacial score (nSPS) is 10.1. The summed E-state index contributed by atoms with van der Waals surface area (Å²) in [6.45, 7) is 2.08. The summed E-state index contributed by atoms with van der Waals surface area (Å²) in [6, 6.07) is 5.30. The molecule has 0 aliphatic rings. The average molecular weight is 268 g/mol. The van der Waals surface area contributed by atoms with E-state index in [1.54, 1.807) is 19.1 Å². The molecular weight excluding hydrogens is 252 g/mol. The number of aliphatic carboxylic acids is 1. The number of benzene rings is 1.